The normalized spacial score (nSPS) is 13.4. The monoisotopic (exact) mass is 417 g/mol. The van der Waals surface area contributed by atoms with Crippen LogP contribution in [0.3, 0.4) is 0 Å². The summed E-state index contributed by atoms with van der Waals surface area (Å²) in [6.45, 7) is 6.43. The van der Waals surface area contributed by atoms with Crippen LogP contribution in [0.25, 0.3) is 0 Å². The molecule has 0 aliphatic carbocycles. The SMILES string of the molecule is C/C=C/COc1cc(C)c(OCS(C)(C)(=O)c2ccc(/C=N/OC)cc2)c(C)c1. The van der Waals surface area contributed by atoms with Gasteiger partial charge in [0.15, 0.2) is 0 Å². The van der Waals surface area contributed by atoms with E-state index in [1.807, 2.05) is 69.3 Å². The number of hydrogen-bond acceptors (Lipinski definition) is 5. The van der Waals surface area contributed by atoms with Crippen LogP contribution in [-0.4, -0.2) is 42.6 Å². The minimum absolute atomic E-state index is 0.100. The van der Waals surface area contributed by atoms with Crippen molar-refractivity contribution in [3.8, 4) is 11.5 Å². The van der Waals surface area contributed by atoms with E-state index < -0.39 is 9.07 Å². The number of oxime groups is 1. The van der Waals surface area contributed by atoms with Crippen molar-refractivity contribution in [1.82, 2.24) is 0 Å². The van der Waals surface area contributed by atoms with Crippen LogP contribution in [0.1, 0.15) is 23.6 Å². The first kappa shape index (κ1) is 22.7. The lowest BCUT2D eigenvalue weighted by Crippen LogP contribution is -2.36. The van der Waals surface area contributed by atoms with Gasteiger partial charge in [-0.15, -0.1) is 0 Å². The van der Waals surface area contributed by atoms with Gasteiger partial charge in [0.2, 0.25) is 0 Å². The third kappa shape index (κ3) is 6.19. The van der Waals surface area contributed by atoms with Crippen LogP contribution >= 0.6 is 0 Å². The molecule has 0 saturated carbocycles. The summed E-state index contributed by atoms with van der Waals surface area (Å²) in [5, 5.41) is 3.74. The molecule has 158 valence electrons. The van der Waals surface area contributed by atoms with Crippen molar-refractivity contribution in [2.45, 2.75) is 25.7 Å². The van der Waals surface area contributed by atoms with Crippen molar-refractivity contribution in [3.63, 3.8) is 0 Å². The Bertz CT molecular complexity index is 932. The van der Waals surface area contributed by atoms with Crippen molar-refractivity contribution >= 4 is 15.3 Å². The summed E-state index contributed by atoms with van der Waals surface area (Å²) in [6, 6.07) is 11.3. The highest BCUT2D eigenvalue weighted by Crippen LogP contribution is 2.34. The number of aryl methyl sites for hydroxylation is 2. The molecule has 0 aliphatic rings. The van der Waals surface area contributed by atoms with Gasteiger partial charge in [-0.1, -0.05) is 29.4 Å². The van der Waals surface area contributed by atoms with E-state index >= 15 is 0 Å². The lowest BCUT2D eigenvalue weighted by atomic mass is 10.1. The fourth-order valence-electron chi connectivity index (χ4n) is 2.85. The summed E-state index contributed by atoms with van der Waals surface area (Å²) in [5.41, 5.74) is 2.78. The van der Waals surface area contributed by atoms with Crippen molar-refractivity contribution in [2.24, 2.45) is 5.16 Å². The molecule has 29 heavy (non-hydrogen) atoms. The smallest absolute Gasteiger partial charge is 0.146 e. The Morgan fingerprint density at radius 1 is 1.03 bits per heavy atom. The molecule has 0 spiro atoms. The fourth-order valence-corrected chi connectivity index (χ4v) is 4.43. The number of benzene rings is 2. The first-order valence-corrected chi connectivity index (χ1v) is 12.3. The largest absolute Gasteiger partial charge is 0.490 e. The Hall–Kier alpha value is -2.60. The third-order valence-corrected chi connectivity index (χ3v) is 7.03. The molecule has 2 rings (SSSR count). The van der Waals surface area contributed by atoms with E-state index in [0.717, 1.165) is 33.1 Å². The van der Waals surface area contributed by atoms with E-state index in [4.69, 9.17) is 14.3 Å². The third-order valence-electron chi connectivity index (χ3n) is 4.48. The average Bonchev–Trinajstić information content (AvgIpc) is 2.66. The maximum atomic E-state index is 13.7. The van der Waals surface area contributed by atoms with Gasteiger partial charge in [0.05, 0.1) is 6.21 Å². The molecule has 0 atom stereocenters. The van der Waals surface area contributed by atoms with Crippen LogP contribution in [0.5, 0.6) is 11.5 Å². The predicted octanol–water partition coefficient (Wildman–Crippen LogP) is 4.71. The van der Waals surface area contributed by atoms with Crippen LogP contribution in [0.15, 0.2) is 58.6 Å². The molecule has 5 nitrogen and oxygen atoms in total. The number of allylic oxidation sites excluding steroid dienone is 1. The van der Waals surface area contributed by atoms with Gasteiger partial charge in [-0.25, -0.2) is 0 Å². The Morgan fingerprint density at radius 3 is 2.21 bits per heavy atom. The molecule has 0 bridgehead atoms. The molecule has 0 saturated heterocycles. The van der Waals surface area contributed by atoms with Crippen molar-refractivity contribution in [3.05, 3.63) is 65.2 Å². The second kappa shape index (κ2) is 9.27. The summed E-state index contributed by atoms with van der Waals surface area (Å²) in [7, 11) is -1.70. The van der Waals surface area contributed by atoms with E-state index in [-0.39, 0.29) is 5.94 Å². The zero-order valence-corrected chi connectivity index (χ0v) is 18.9. The van der Waals surface area contributed by atoms with Crippen molar-refractivity contribution < 1.29 is 18.5 Å². The predicted molar refractivity (Wildman–Crippen MR) is 121 cm³/mol. The highest BCUT2D eigenvalue weighted by atomic mass is 32.3. The van der Waals surface area contributed by atoms with Crippen LogP contribution < -0.4 is 9.47 Å². The van der Waals surface area contributed by atoms with E-state index in [2.05, 4.69) is 5.16 Å². The maximum absolute atomic E-state index is 13.7. The quantitative estimate of drug-likeness (QED) is 0.337. The summed E-state index contributed by atoms with van der Waals surface area (Å²) in [4.78, 5) is 5.44. The topological polar surface area (TPSA) is 57.1 Å². The average molecular weight is 418 g/mol. The van der Waals surface area contributed by atoms with Gasteiger partial charge < -0.3 is 14.3 Å². The Labute approximate surface area is 173 Å². The number of nitrogens with zero attached hydrogens (tertiary/aromatic N) is 1. The van der Waals surface area contributed by atoms with Crippen LogP contribution in [-0.2, 0) is 13.9 Å². The molecule has 6 heteroatoms. The molecule has 2 aromatic rings. The molecule has 0 fully saturated rings. The first-order valence-electron chi connectivity index (χ1n) is 9.39. The van der Waals surface area contributed by atoms with Gasteiger partial charge in [-0.05, 0) is 83.3 Å². The zero-order valence-electron chi connectivity index (χ0n) is 18.1. The number of hydrogen-bond donors (Lipinski definition) is 0. The lowest BCUT2D eigenvalue weighted by Gasteiger charge is -2.34. The van der Waals surface area contributed by atoms with E-state index in [0.29, 0.717) is 6.61 Å². The van der Waals surface area contributed by atoms with Crippen LogP contribution in [0.4, 0.5) is 0 Å². The lowest BCUT2D eigenvalue weighted by molar-refractivity contribution is 0.215. The molecule has 0 unspecified atom stereocenters. The summed E-state index contributed by atoms with van der Waals surface area (Å²) in [6.07, 6.45) is 9.03. The molecule has 0 aliphatic heterocycles. The minimum atomic E-state index is -3.19. The molecule has 2 aromatic carbocycles. The standard InChI is InChI=1S/C23H31NO4S/c1-7-8-13-27-21-14-18(2)23(19(3)15-21)28-17-29(5,6,25)22-11-9-20(10-12-22)16-24-26-4/h7-12,14-16H,13,17H2,1-6H3/b8-7+,24-16+. The van der Waals surface area contributed by atoms with Crippen molar-refractivity contribution in [2.75, 3.05) is 32.2 Å². The van der Waals surface area contributed by atoms with Gasteiger partial charge >= 0.3 is 0 Å². The van der Waals surface area contributed by atoms with Gasteiger partial charge in [-0.3, -0.25) is 4.21 Å². The second-order valence-corrected chi connectivity index (χ2v) is 12.4. The minimum Gasteiger partial charge on any atom is -0.490 e. The maximum Gasteiger partial charge on any atom is 0.146 e. The highest BCUT2D eigenvalue weighted by molar-refractivity contribution is 8.18. The first-order chi connectivity index (χ1) is 13.6. The number of ether oxygens (including phenoxy) is 2. The molecule has 0 N–H and O–H groups in total. The molecule has 0 radical (unpaired) electrons. The highest BCUT2D eigenvalue weighted by Gasteiger charge is 2.29. The Balaban J connectivity index is 2.18. The van der Waals surface area contributed by atoms with E-state index in [9.17, 15) is 4.21 Å². The Kier molecular flexibility index (Phi) is 7.25. The number of rotatable bonds is 9. The second-order valence-electron chi connectivity index (χ2n) is 7.59. The van der Waals surface area contributed by atoms with Crippen LogP contribution in [0, 0.1) is 13.8 Å². The summed E-state index contributed by atoms with van der Waals surface area (Å²) in [5.74, 6) is 1.64. The molecular formula is C23H31NO4S. The molecule has 0 aromatic heterocycles. The molecule has 0 amide bonds. The van der Waals surface area contributed by atoms with E-state index in [1.165, 1.54) is 7.11 Å². The van der Waals surface area contributed by atoms with Gasteiger partial charge in [0, 0.05) is 4.90 Å². The van der Waals surface area contributed by atoms with Gasteiger partial charge in [0.1, 0.15) is 31.2 Å². The molecular weight excluding hydrogens is 386 g/mol. The Morgan fingerprint density at radius 2 is 1.66 bits per heavy atom. The zero-order chi connectivity index (χ0) is 21.5. The van der Waals surface area contributed by atoms with Crippen molar-refractivity contribution in [1.29, 1.82) is 0 Å². The summed E-state index contributed by atoms with van der Waals surface area (Å²) < 4.78 is 25.5. The van der Waals surface area contributed by atoms with Crippen LogP contribution in [0.2, 0.25) is 0 Å². The van der Waals surface area contributed by atoms with Gasteiger partial charge in [-0.2, -0.15) is 0 Å². The fraction of sp³-hybridized carbons (Fsp3) is 0.348. The molecule has 0 heterocycles. The van der Waals surface area contributed by atoms with Gasteiger partial charge in [0.25, 0.3) is 0 Å². The summed E-state index contributed by atoms with van der Waals surface area (Å²) >= 11 is 0. The van der Waals surface area contributed by atoms with E-state index in [1.54, 1.807) is 18.7 Å².